The number of alkyl halides is 2. The van der Waals surface area contributed by atoms with Crippen LogP contribution in [0.2, 0.25) is 0 Å². The molecule has 1 atom stereocenters. The molecule has 72 valence electrons. The van der Waals surface area contributed by atoms with Crippen LogP contribution in [0.4, 0.5) is 8.78 Å². The lowest BCUT2D eigenvalue weighted by atomic mass is 10.0. The van der Waals surface area contributed by atoms with Crippen LogP contribution in [0.5, 0.6) is 0 Å². The van der Waals surface area contributed by atoms with Crippen LogP contribution >= 0.6 is 0 Å². The van der Waals surface area contributed by atoms with Gasteiger partial charge in [-0.05, 0) is 17.7 Å². The van der Waals surface area contributed by atoms with E-state index in [1.807, 2.05) is 0 Å². The van der Waals surface area contributed by atoms with Crippen molar-refractivity contribution in [3.8, 4) is 0 Å². The Hall–Kier alpha value is -1.07. The summed E-state index contributed by atoms with van der Waals surface area (Å²) in [7, 11) is 0. The average molecular weight is 188 g/mol. The Balaban J connectivity index is 2.85. The van der Waals surface area contributed by atoms with Gasteiger partial charge >= 0.3 is 0 Å². The lowest BCUT2D eigenvalue weighted by Gasteiger charge is -2.21. The van der Waals surface area contributed by atoms with Crippen LogP contribution < -0.4 is 5.73 Å². The number of aliphatic hydroxyl groups is 1. The van der Waals surface area contributed by atoms with Gasteiger partial charge in [0.25, 0.3) is 5.92 Å². The van der Waals surface area contributed by atoms with Gasteiger partial charge in [-0.25, -0.2) is 8.78 Å². The summed E-state index contributed by atoms with van der Waals surface area (Å²) < 4.78 is 25.7. The van der Waals surface area contributed by atoms with Crippen LogP contribution in [-0.4, -0.2) is 22.6 Å². The number of pyridine rings is 1. The quantitative estimate of drug-likeness (QED) is 0.734. The van der Waals surface area contributed by atoms with Gasteiger partial charge in [-0.1, -0.05) is 0 Å². The summed E-state index contributed by atoms with van der Waals surface area (Å²) in [5.41, 5.74) is 5.50. The molecule has 3 N–H and O–H groups in total. The predicted molar refractivity (Wildman–Crippen MR) is 43.2 cm³/mol. The number of hydrogen-bond acceptors (Lipinski definition) is 3. The van der Waals surface area contributed by atoms with Gasteiger partial charge in [0, 0.05) is 12.4 Å². The second kappa shape index (κ2) is 3.76. The summed E-state index contributed by atoms with van der Waals surface area (Å²) in [4.78, 5) is 3.67. The van der Waals surface area contributed by atoms with Gasteiger partial charge in [-0.3, -0.25) is 4.98 Å². The number of aliphatic hydroxyl groups excluding tert-OH is 1. The maximum atomic E-state index is 12.8. The molecule has 0 aromatic carbocycles. The molecule has 0 aliphatic heterocycles. The molecule has 0 aliphatic carbocycles. The molecular formula is C8H10F2N2O. The molecule has 0 saturated carbocycles. The number of nitrogens with two attached hydrogens (primary N) is 1. The van der Waals surface area contributed by atoms with Crippen molar-refractivity contribution < 1.29 is 13.9 Å². The Kier molecular flexibility index (Phi) is 2.90. The Morgan fingerprint density at radius 2 is 2.00 bits per heavy atom. The zero-order valence-corrected chi connectivity index (χ0v) is 6.82. The van der Waals surface area contributed by atoms with Gasteiger partial charge in [-0.2, -0.15) is 0 Å². The number of halogens is 2. The highest BCUT2D eigenvalue weighted by Crippen LogP contribution is 2.27. The molecule has 13 heavy (non-hydrogen) atoms. The van der Waals surface area contributed by atoms with Crippen LogP contribution in [-0.2, 0) is 0 Å². The van der Waals surface area contributed by atoms with Crippen molar-refractivity contribution in [2.45, 2.75) is 12.0 Å². The van der Waals surface area contributed by atoms with E-state index in [1.54, 1.807) is 0 Å². The van der Waals surface area contributed by atoms with E-state index < -0.39 is 18.6 Å². The summed E-state index contributed by atoms with van der Waals surface area (Å²) in [6.07, 6.45) is 2.76. The fraction of sp³-hybridized carbons (Fsp3) is 0.375. The van der Waals surface area contributed by atoms with Gasteiger partial charge in [0.2, 0.25) is 0 Å². The van der Waals surface area contributed by atoms with Gasteiger partial charge in [0.1, 0.15) is 6.61 Å². The average Bonchev–Trinajstić information content (AvgIpc) is 2.18. The molecule has 0 amide bonds. The van der Waals surface area contributed by atoms with E-state index in [0.717, 1.165) is 0 Å². The number of nitrogens with zero attached hydrogens (tertiary/aromatic N) is 1. The predicted octanol–water partition coefficient (Wildman–Crippen LogP) is 0.709. The minimum atomic E-state index is -3.29. The third kappa shape index (κ3) is 2.19. The van der Waals surface area contributed by atoms with E-state index in [2.05, 4.69) is 4.98 Å². The first-order chi connectivity index (χ1) is 6.08. The van der Waals surface area contributed by atoms with Crippen molar-refractivity contribution in [1.82, 2.24) is 4.98 Å². The molecule has 3 nitrogen and oxygen atoms in total. The molecule has 0 spiro atoms. The third-order valence-electron chi connectivity index (χ3n) is 1.73. The molecule has 0 unspecified atom stereocenters. The highest BCUT2D eigenvalue weighted by Gasteiger charge is 2.37. The molecule has 0 fully saturated rings. The Morgan fingerprint density at radius 3 is 2.46 bits per heavy atom. The monoisotopic (exact) mass is 188 g/mol. The second-order valence-corrected chi connectivity index (χ2v) is 2.68. The first kappa shape index (κ1) is 10.0. The fourth-order valence-electron chi connectivity index (χ4n) is 0.913. The minimum Gasteiger partial charge on any atom is -0.390 e. The first-order valence-corrected chi connectivity index (χ1v) is 3.72. The van der Waals surface area contributed by atoms with Gasteiger partial charge in [0.15, 0.2) is 0 Å². The van der Waals surface area contributed by atoms with Crippen LogP contribution in [0.15, 0.2) is 24.5 Å². The molecule has 0 saturated heterocycles. The van der Waals surface area contributed by atoms with Gasteiger partial charge in [0.05, 0.1) is 6.04 Å². The standard InChI is InChI=1S/C8H10F2N2O/c9-8(10,5-13)7(11)6-1-3-12-4-2-6/h1-4,7,13H,5,11H2/t7-/m1/s1. The maximum absolute atomic E-state index is 12.8. The third-order valence-corrected chi connectivity index (χ3v) is 1.73. The maximum Gasteiger partial charge on any atom is 0.289 e. The van der Waals surface area contributed by atoms with Crippen molar-refractivity contribution in [1.29, 1.82) is 0 Å². The van der Waals surface area contributed by atoms with E-state index in [4.69, 9.17) is 10.8 Å². The van der Waals surface area contributed by atoms with Crippen molar-refractivity contribution in [3.63, 3.8) is 0 Å². The summed E-state index contributed by atoms with van der Waals surface area (Å²) in [6.45, 7) is -1.25. The molecule has 1 heterocycles. The molecule has 0 radical (unpaired) electrons. The summed E-state index contributed by atoms with van der Waals surface area (Å²) in [6, 6.07) is 1.31. The molecule has 0 bridgehead atoms. The SMILES string of the molecule is N[C@H](c1ccncc1)C(F)(F)CO. The lowest BCUT2D eigenvalue weighted by molar-refractivity contribution is -0.0711. The fourth-order valence-corrected chi connectivity index (χ4v) is 0.913. The highest BCUT2D eigenvalue weighted by molar-refractivity contribution is 5.17. The van der Waals surface area contributed by atoms with Crippen molar-refractivity contribution in [2.75, 3.05) is 6.61 Å². The minimum absolute atomic E-state index is 0.258. The number of hydrogen-bond donors (Lipinski definition) is 2. The Bertz CT molecular complexity index is 266. The smallest absolute Gasteiger partial charge is 0.289 e. The van der Waals surface area contributed by atoms with E-state index in [-0.39, 0.29) is 5.56 Å². The molecule has 1 rings (SSSR count). The zero-order valence-electron chi connectivity index (χ0n) is 6.82. The van der Waals surface area contributed by atoms with Crippen molar-refractivity contribution in [3.05, 3.63) is 30.1 Å². The van der Waals surface area contributed by atoms with E-state index in [0.29, 0.717) is 0 Å². The summed E-state index contributed by atoms with van der Waals surface area (Å²) >= 11 is 0. The number of aromatic nitrogens is 1. The van der Waals surface area contributed by atoms with Crippen LogP contribution in [0.25, 0.3) is 0 Å². The lowest BCUT2D eigenvalue weighted by Crippen LogP contribution is -2.36. The zero-order chi connectivity index (χ0) is 9.90. The second-order valence-electron chi connectivity index (χ2n) is 2.68. The van der Waals surface area contributed by atoms with Crippen LogP contribution in [0.3, 0.4) is 0 Å². The Morgan fingerprint density at radius 1 is 1.46 bits per heavy atom. The van der Waals surface area contributed by atoms with Crippen LogP contribution in [0, 0.1) is 0 Å². The largest absolute Gasteiger partial charge is 0.390 e. The van der Waals surface area contributed by atoms with Gasteiger partial charge < -0.3 is 10.8 Å². The van der Waals surface area contributed by atoms with Crippen molar-refractivity contribution >= 4 is 0 Å². The molecule has 1 aromatic heterocycles. The molecular weight excluding hydrogens is 178 g/mol. The van der Waals surface area contributed by atoms with E-state index in [9.17, 15) is 8.78 Å². The summed E-state index contributed by atoms with van der Waals surface area (Å²) in [5.74, 6) is -3.29. The van der Waals surface area contributed by atoms with Crippen molar-refractivity contribution in [2.24, 2.45) is 5.73 Å². The topological polar surface area (TPSA) is 59.1 Å². The molecule has 5 heteroatoms. The summed E-state index contributed by atoms with van der Waals surface area (Å²) in [5, 5.41) is 8.38. The van der Waals surface area contributed by atoms with E-state index >= 15 is 0 Å². The first-order valence-electron chi connectivity index (χ1n) is 3.72. The van der Waals surface area contributed by atoms with E-state index in [1.165, 1.54) is 24.5 Å². The molecule has 1 aromatic rings. The highest BCUT2D eigenvalue weighted by atomic mass is 19.3. The van der Waals surface area contributed by atoms with Crippen LogP contribution in [0.1, 0.15) is 11.6 Å². The normalized spacial score (nSPS) is 14.2. The number of rotatable bonds is 3. The van der Waals surface area contributed by atoms with Gasteiger partial charge in [-0.15, -0.1) is 0 Å². The Labute approximate surface area is 74.2 Å². The molecule has 0 aliphatic rings.